The topological polar surface area (TPSA) is 177 Å². The number of aryl methyl sites for hydroxylation is 1. The number of benzene rings is 1. The lowest BCUT2D eigenvalue weighted by molar-refractivity contribution is -0.123. The lowest BCUT2D eigenvalue weighted by Gasteiger charge is -2.36. The fraction of sp³-hybridized carbons (Fsp3) is 0.476. The molecule has 0 radical (unpaired) electrons. The SMILES string of the molecule is CCn1cc(S(=O)(=O)N2C[C@H](C[C@@H](C)C(=O)NS(=O)(=O)C3CC3)Oc3ccc(NC(=O)O)cc32)c(Cl)n1. The van der Waals surface area contributed by atoms with Gasteiger partial charge in [0.2, 0.25) is 15.9 Å². The van der Waals surface area contributed by atoms with E-state index in [1.807, 2.05) is 0 Å². The molecular formula is C21H26ClN5O8S2. The van der Waals surface area contributed by atoms with E-state index in [9.17, 15) is 26.4 Å². The molecule has 1 saturated carbocycles. The number of halogens is 1. The summed E-state index contributed by atoms with van der Waals surface area (Å²) in [5.74, 6) is -1.39. The highest BCUT2D eigenvalue weighted by atomic mass is 35.5. The Morgan fingerprint density at radius 2 is 1.97 bits per heavy atom. The summed E-state index contributed by atoms with van der Waals surface area (Å²) in [6.07, 6.45) is 0.140. The van der Waals surface area contributed by atoms with Gasteiger partial charge in [0.25, 0.3) is 10.0 Å². The summed E-state index contributed by atoms with van der Waals surface area (Å²) in [5.41, 5.74) is 0.179. The second-order valence-electron chi connectivity index (χ2n) is 8.88. The van der Waals surface area contributed by atoms with Crippen LogP contribution in [-0.2, 0) is 31.4 Å². The zero-order valence-corrected chi connectivity index (χ0v) is 22.3. The lowest BCUT2D eigenvalue weighted by Crippen LogP contribution is -2.45. The first-order valence-corrected chi connectivity index (χ1v) is 14.8. The number of hydrogen-bond acceptors (Lipinski definition) is 8. The van der Waals surface area contributed by atoms with Gasteiger partial charge in [-0.1, -0.05) is 18.5 Å². The van der Waals surface area contributed by atoms with Crippen LogP contribution >= 0.6 is 11.6 Å². The number of fused-ring (bicyclic) bond motifs is 1. The summed E-state index contributed by atoms with van der Waals surface area (Å²) in [5, 5.41) is 14.4. The Kier molecular flexibility index (Phi) is 7.32. The Hall–Kier alpha value is -3.04. The van der Waals surface area contributed by atoms with Crippen LogP contribution in [0.5, 0.6) is 5.75 Å². The number of carbonyl (C=O) groups is 2. The minimum absolute atomic E-state index is 0.00849. The number of carbonyl (C=O) groups excluding carboxylic acids is 1. The van der Waals surface area contributed by atoms with Crippen LogP contribution in [-0.4, -0.2) is 61.6 Å². The number of nitrogens with one attached hydrogen (secondary N) is 2. The third kappa shape index (κ3) is 5.78. The smallest absolute Gasteiger partial charge is 0.409 e. The van der Waals surface area contributed by atoms with E-state index in [4.69, 9.17) is 21.4 Å². The number of hydrogen-bond donors (Lipinski definition) is 3. The molecule has 1 aliphatic heterocycles. The number of nitrogens with zero attached hydrogens (tertiary/aromatic N) is 3. The predicted octanol–water partition coefficient (Wildman–Crippen LogP) is 2.24. The maximum atomic E-state index is 13.7. The average Bonchev–Trinajstić information content (AvgIpc) is 3.60. The molecule has 1 aromatic carbocycles. The highest BCUT2D eigenvalue weighted by molar-refractivity contribution is 7.93. The first kappa shape index (κ1) is 27.0. The van der Waals surface area contributed by atoms with Crippen LogP contribution in [0.2, 0.25) is 5.15 Å². The zero-order valence-electron chi connectivity index (χ0n) is 19.9. The van der Waals surface area contributed by atoms with Crippen LogP contribution in [0.15, 0.2) is 29.3 Å². The van der Waals surface area contributed by atoms with Gasteiger partial charge in [0.05, 0.1) is 17.5 Å². The van der Waals surface area contributed by atoms with Crippen molar-refractivity contribution in [3.63, 3.8) is 0 Å². The second kappa shape index (κ2) is 10.0. The average molecular weight is 576 g/mol. The number of carboxylic acid groups (broad SMARTS) is 1. The molecule has 0 saturated heterocycles. The van der Waals surface area contributed by atoms with Gasteiger partial charge in [-0.3, -0.25) is 23.8 Å². The van der Waals surface area contributed by atoms with Crippen LogP contribution in [0.1, 0.15) is 33.1 Å². The van der Waals surface area contributed by atoms with Gasteiger partial charge in [-0.15, -0.1) is 0 Å². The molecule has 2 amide bonds. The molecule has 2 aromatic rings. The first-order valence-electron chi connectivity index (χ1n) is 11.4. The molecule has 1 aromatic heterocycles. The molecule has 2 heterocycles. The molecule has 0 bridgehead atoms. The molecule has 0 unspecified atom stereocenters. The highest BCUT2D eigenvalue weighted by Gasteiger charge is 2.40. The Bertz CT molecular complexity index is 1440. The Morgan fingerprint density at radius 3 is 2.57 bits per heavy atom. The zero-order chi connectivity index (χ0) is 27.1. The van der Waals surface area contributed by atoms with Gasteiger partial charge in [0, 0.05) is 24.3 Å². The van der Waals surface area contributed by atoms with Crippen LogP contribution in [0.25, 0.3) is 0 Å². The molecule has 13 nitrogen and oxygen atoms in total. The third-order valence-electron chi connectivity index (χ3n) is 5.99. The molecule has 1 fully saturated rings. The molecule has 3 N–H and O–H groups in total. The lowest BCUT2D eigenvalue weighted by atomic mass is 10.0. The summed E-state index contributed by atoms with van der Waals surface area (Å²) < 4.78 is 62.2. The van der Waals surface area contributed by atoms with E-state index < -0.39 is 49.3 Å². The Labute approximate surface area is 218 Å². The van der Waals surface area contributed by atoms with Crippen LogP contribution in [0, 0.1) is 5.92 Å². The van der Waals surface area contributed by atoms with Gasteiger partial charge in [0.15, 0.2) is 5.15 Å². The van der Waals surface area contributed by atoms with Crippen molar-refractivity contribution in [3.05, 3.63) is 29.5 Å². The minimum Gasteiger partial charge on any atom is -0.486 e. The van der Waals surface area contributed by atoms with E-state index in [1.54, 1.807) is 6.92 Å². The van der Waals surface area contributed by atoms with Crippen LogP contribution in [0.3, 0.4) is 0 Å². The van der Waals surface area contributed by atoms with E-state index >= 15 is 0 Å². The summed E-state index contributed by atoms with van der Waals surface area (Å²) in [7, 11) is -8.03. The molecule has 1 aliphatic carbocycles. The Balaban J connectivity index is 1.64. The van der Waals surface area contributed by atoms with E-state index in [-0.39, 0.29) is 40.1 Å². The normalized spacial score (nSPS) is 18.5. The van der Waals surface area contributed by atoms with Gasteiger partial charge >= 0.3 is 6.09 Å². The van der Waals surface area contributed by atoms with E-state index in [0.29, 0.717) is 19.4 Å². The van der Waals surface area contributed by atoms with Crippen LogP contribution < -0.4 is 19.1 Å². The molecule has 202 valence electrons. The molecule has 2 atom stereocenters. The second-order valence-corrected chi connectivity index (χ2v) is 13.0. The third-order valence-corrected chi connectivity index (χ3v) is 10.00. The number of rotatable bonds is 9. The number of sulfonamides is 2. The number of anilines is 2. The summed E-state index contributed by atoms with van der Waals surface area (Å²) in [4.78, 5) is 23.4. The number of amides is 2. The van der Waals surface area contributed by atoms with Crippen molar-refractivity contribution in [1.82, 2.24) is 14.5 Å². The minimum atomic E-state index is -4.29. The fourth-order valence-electron chi connectivity index (χ4n) is 3.90. The largest absolute Gasteiger partial charge is 0.486 e. The van der Waals surface area contributed by atoms with Gasteiger partial charge < -0.3 is 9.84 Å². The molecule has 0 spiro atoms. The summed E-state index contributed by atoms with van der Waals surface area (Å²) in [6, 6.07) is 4.13. The number of ether oxygens (including phenoxy) is 1. The fourth-order valence-corrected chi connectivity index (χ4v) is 7.25. The molecule has 2 aliphatic rings. The van der Waals surface area contributed by atoms with Crippen molar-refractivity contribution in [3.8, 4) is 5.75 Å². The maximum Gasteiger partial charge on any atom is 0.409 e. The van der Waals surface area contributed by atoms with Crippen molar-refractivity contribution in [1.29, 1.82) is 0 Å². The number of aromatic nitrogens is 2. The van der Waals surface area contributed by atoms with Gasteiger partial charge in [-0.05, 0) is 44.4 Å². The summed E-state index contributed by atoms with van der Waals surface area (Å²) in [6.45, 7) is 3.42. The van der Waals surface area contributed by atoms with Gasteiger partial charge in [0.1, 0.15) is 16.7 Å². The predicted molar refractivity (Wildman–Crippen MR) is 134 cm³/mol. The monoisotopic (exact) mass is 575 g/mol. The molecule has 4 rings (SSSR count). The highest BCUT2D eigenvalue weighted by Crippen LogP contribution is 2.41. The van der Waals surface area contributed by atoms with E-state index in [0.717, 1.165) is 4.31 Å². The van der Waals surface area contributed by atoms with E-state index in [1.165, 1.54) is 36.0 Å². The van der Waals surface area contributed by atoms with Crippen LogP contribution in [0.4, 0.5) is 16.2 Å². The summed E-state index contributed by atoms with van der Waals surface area (Å²) >= 11 is 6.14. The first-order chi connectivity index (χ1) is 17.3. The van der Waals surface area contributed by atoms with Crippen molar-refractivity contribution in [2.24, 2.45) is 5.92 Å². The molecular weight excluding hydrogens is 550 g/mol. The van der Waals surface area contributed by atoms with Gasteiger partial charge in [-0.25, -0.2) is 21.6 Å². The molecule has 16 heteroatoms. The molecule has 37 heavy (non-hydrogen) atoms. The van der Waals surface area contributed by atoms with Crippen molar-refractivity contribution >= 4 is 55.0 Å². The van der Waals surface area contributed by atoms with Crippen molar-refractivity contribution < 1.29 is 36.3 Å². The Morgan fingerprint density at radius 1 is 1.27 bits per heavy atom. The van der Waals surface area contributed by atoms with E-state index in [2.05, 4.69) is 15.1 Å². The van der Waals surface area contributed by atoms with Crippen molar-refractivity contribution in [2.45, 2.75) is 55.9 Å². The standard InChI is InChI=1S/C21H26ClN5O8S2/c1-3-26-11-18(19(22)24-26)37(33,34)27-10-14(8-12(2)20(28)25-36(31,32)15-5-6-15)35-17-7-4-13(9-16(17)27)23-21(29)30/h4,7,9,11-12,14-15,23H,3,5-6,8,10H2,1-2H3,(H,25,28)(H,29,30)/t12-,14+/m1/s1. The van der Waals surface area contributed by atoms with Crippen molar-refractivity contribution in [2.75, 3.05) is 16.2 Å². The quantitative estimate of drug-likeness (QED) is 0.404. The van der Waals surface area contributed by atoms with Gasteiger partial charge in [-0.2, -0.15) is 5.10 Å². The maximum absolute atomic E-state index is 13.7.